The summed E-state index contributed by atoms with van der Waals surface area (Å²) in [4.78, 5) is 17.6. The Hall–Kier alpha value is -1.89. The maximum absolute atomic E-state index is 11.9. The van der Waals surface area contributed by atoms with Gasteiger partial charge in [-0.05, 0) is 6.92 Å². The highest BCUT2D eigenvalue weighted by molar-refractivity contribution is 7.13. The normalized spacial score (nSPS) is 10.6. The number of hydrogen-bond donors (Lipinski definition) is 1. The fourth-order valence-electron chi connectivity index (χ4n) is 1.52. The summed E-state index contributed by atoms with van der Waals surface area (Å²) in [7, 11) is 1.72. The first kappa shape index (κ1) is 12.6. The van der Waals surface area contributed by atoms with Gasteiger partial charge < -0.3 is 15.2 Å². The zero-order valence-electron chi connectivity index (χ0n) is 10.2. The summed E-state index contributed by atoms with van der Waals surface area (Å²) in [5, 5.41) is 6.12. The zero-order chi connectivity index (χ0) is 13.1. The molecule has 96 valence electrons. The van der Waals surface area contributed by atoms with Gasteiger partial charge in [0.25, 0.3) is 0 Å². The smallest absolute Gasteiger partial charge is 0.228 e. The Morgan fingerprint density at radius 3 is 2.89 bits per heavy atom. The SMILES string of the molecule is Cc1cc(CN(C)C(=O)Cc2csc(N)n2)no1. The summed E-state index contributed by atoms with van der Waals surface area (Å²) < 4.78 is 4.95. The number of aryl methyl sites for hydroxylation is 1. The van der Waals surface area contributed by atoms with Crippen molar-refractivity contribution in [3.63, 3.8) is 0 Å². The number of thiazole rings is 1. The van der Waals surface area contributed by atoms with Crippen molar-refractivity contribution in [2.45, 2.75) is 19.9 Å². The average Bonchev–Trinajstić information content (AvgIpc) is 2.88. The molecule has 0 spiro atoms. The van der Waals surface area contributed by atoms with Gasteiger partial charge in [-0.15, -0.1) is 11.3 Å². The van der Waals surface area contributed by atoms with Crippen LogP contribution in [-0.2, 0) is 17.8 Å². The van der Waals surface area contributed by atoms with Gasteiger partial charge in [-0.3, -0.25) is 4.79 Å². The molecule has 0 aliphatic rings. The Labute approximate surface area is 108 Å². The molecule has 0 aromatic carbocycles. The molecule has 0 unspecified atom stereocenters. The van der Waals surface area contributed by atoms with Crippen LogP contribution in [0.3, 0.4) is 0 Å². The molecule has 7 heteroatoms. The van der Waals surface area contributed by atoms with Crippen molar-refractivity contribution in [3.05, 3.63) is 28.6 Å². The van der Waals surface area contributed by atoms with Gasteiger partial charge in [-0.2, -0.15) is 0 Å². The summed E-state index contributed by atoms with van der Waals surface area (Å²) in [5.74, 6) is 0.707. The molecule has 0 aliphatic carbocycles. The molecular formula is C11H14N4O2S. The molecule has 0 atom stereocenters. The first-order valence-corrected chi connectivity index (χ1v) is 6.28. The van der Waals surface area contributed by atoms with Gasteiger partial charge in [0.05, 0.1) is 18.7 Å². The number of nitrogen functional groups attached to an aromatic ring is 1. The van der Waals surface area contributed by atoms with E-state index in [1.165, 1.54) is 11.3 Å². The van der Waals surface area contributed by atoms with E-state index in [1.54, 1.807) is 17.3 Å². The molecular weight excluding hydrogens is 252 g/mol. The lowest BCUT2D eigenvalue weighted by molar-refractivity contribution is -0.129. The molecule has 0 saturated heterocycles. The summed E-state index contributed by atoms with van der Waals surface area (Å²) in [5.41, 5.74) is 6.95. The highest BCUT2D eigenvalue weighted by atomic mass is 32.1. The van der Waals surface area contributed by atoms with Crippen molar-refractivity contribution in [1.82, 2.24) is 15.0 Å². The van der Waals surface area contributed by atoms with Crippen LogP contribution in [0.4, 0.5) is 5.13 Å². The lowest BCUT2D eigenvalue weighted by Gasteiger charge is -2.14. The molecule has 2 rings (SSSR count). The van der Waals surface area contributed by atoms with Gasteiger partial charge >= 0.3 is 0 Å². The van der Waals surface area contributed by atoms with Crippen LogP contribution in [0.15, 0.2) is 16.0 Å². The highest BCUT2D eigenvalue weighted by Crippen LogP contribution is 2.12. The van der Waals surface area contributed by atoms with E-state index in [0.29, 0.717) is 17.4 Å². The Bertz CT molecular complexity index is 549. The van der Waals surface area contributed by atoms with Crippen LogP contribution in [0.5, 0.6) is 0 Å². The largest absolute Gasteiger partial charge is 0.375 e. The van der Waals surface area contributed by atoms with Gasteiger partial charge in [-0.25, -0.2) is 4.98 Å². The minimum Gasteiger partial charge on any atom is -0.375 e. The Balaban J connectivity index is 1.92. The Morgan fingerprint density at radius 1 is 1.56 bits per heavy atom. The lowest BCUT2D eigenvalue weighted by atomic mass is 10.3. The predicted octanol–water partition coefficient (Wildman–Crippen LogP) is 1.22. The first-order chi connectivity index (χ1) is 8.54. The van der Waals surface area contributed by atoms with Crippen LogP contribution in [-0.4, -0.2) is 28.0 Å². The average molecular weight is 266 g/mol. The van der Waals surface area contributed by atoms with Crippen molar-refractivity contribution < 1.29 is 9.32 Å². The third-order valence-corrected chi connectivity index (χ3v) is 3.13. The number of likely N-dealkylation sites (N-methyl/N-ethyl adjacent to an activating group) is 1. The van der Waals surface area contributed by atoms with Crippen molar-refractivity contribution >= 4 is 22.4 Å². The second-order valence-corrected chi connectivity index (χ2v) is 4.92. The van der Waals surface area contributed by atoms with Crippen LogP contribution in [0.1, 0.15) is 17.1 Å². The minimum atomic E-state index is -0.0269. The number of amides is 1. The van der Waals surface area contributed by atoms with E-state index in [0.717, 1.165) is 11.5 Å². The number of nitrogens with zero attached hydrogens (tertiary/aromatic N) is 3. The van der Waals surface area contributed by atoms with E-state index in [1.807, 2.05) is 13.0 Å². The fourth-order valence-corrected chi connectivity index (χ4v) is 2.08. The number of nitrogens with two attached hydrogens (primary N) is 1. The van der Waals surface area contributed by atoms with Crippen molar-refractivity contribution in [2.24, 2.45) is 0 Å². The maximum Gasteiger partial charge on any atom is 0.228 e. The number of aromatic nitrogens is 2. The number of carbonyl (C=O) groups is 1. The third-order valence-electron chi connectivity index (χ3n) is 2.40. The standard InChI is InChI=1S/C11H14N4O2S/c1-7-3-8(14-17-7)5-15(2)10(16)4-9-6-18-11(12)13-9/h3,6H,4-5H2,1-2H3,(H2,12,13). The van der Waals surface area contributed by atoms with Crippen LogP contribution in [0.2, 0.25) is 0 Å². The number of carbonyl (C=O) groups excluding carboxylic acids is 1. The van der Waals surface area contributed by atoms with E-state index < -0.39 is 0 Å². The van der Waals surface area contributed by atoms with E-state index in [2.05, 4.69) is 10.1 Å². The molecule has 2 aromatic heterocycles. The van der Waals surface area contributed by atoms with Gasteiger partial charge in [0.1, 0.15) is 11.5 Å². The first-order valence-electron chi connectivity index (χ1n) is 5.40. The summed E-state index contributed by atoms with van der Waals surface area (Å²) in [6.07, 6.45) is 0.251. The predicted molar refractivity (Wildman–Crippen MR) is 67.9 cm³/mol. The Kier molecular flexibility index (Phi) is 3.61. The number of hydrogen-bond acceptors (Lipinski definition) is 6. The molecule has 6 nitrogen and oxygen atoms in total. The van der Waals surface area contributed by atoms with Crippen LogP contribution in [0, 0.1) is 6.92 Å². The summed E-state index contributed by atoms with van der Waals surface area (Å²) in [6.45, 7) is 2.24. The fraction of sp³-hybridized carbons (Fsp3) is 0.364. The van der Waals surface area contributed by atoms with Crippen molar-refractivity contribution in [2.75, 3.05) is 12.8 Å². The molecule has 0 bridgehead atoms. The molecule has 0 aliphatic heterocycles. The number of rotatable bonds is 4. The third kappa shape index (κ3) is 3.07. The van der Waals surface area contributed by atoms with E-state index in [-0.39, 0.29) is 12.3 Å². The van der Waals surface area contributed by atoms with Crippen molar-refractivity contribution in [1.29, 1.82) is 0 Å². The van der Waals surface area contributed by atoms with Gasteiger partial charge in [0.2, 0.25) is 5.91 Å². The second kappa shape index (κ2) is 5.18. The van der Waals surface area contributed by atoms with Crippen LogP contribution < -0.4 is 5.73 Å². The van der Waals surface area contributed by atoms with Crippen molar-refractivity contribution in [3.8, 4) is 0 Å². The maximum atomic E-state index is 11.9. The topological polar surface area (TPSA) is 85.2 Å². The molecule has 0 fully saturated rings. The van der Waals surface area contributed by atoms with E-state index in [4.69, 9.17) is 10.3 Å². The van der Waals surface area contributed by atoms with E-state index >= 15 is 0 Å². The molecule has 2 N–H and O–H groups in total. The quantitative estimate of drug-likeness (QED) is 0.899. The number of anilines is 1. The van der Waals surface area contributed by atoms with Gasteiger partial charge in [0, 0.05) is 18.5 Å². The monoisotopic (exact) mass is 266 g/mol. The Morgan fingerprint density at radius 2 is 2.33 bits per heavy atom. The lowest BCUT2D eigenvalue weighted by Crippen LogP contribution is -2.27. The molecule has 0 radical (unpaired) electrons. The van der Waals surface area contributed by atoms with Crippen LogP contribution in [0.25, 0.3) is 0 Å². The zero-order valence-corrected chi connectivity index (χ0v) is 11.0. The molecule has 1 amide bonds. The molecule has 2 aromatic rings. The molecule has 0 saturated carbocycles. The highest BCUT2D eigenvalue weighted by Gasteiger charge is 2.13. The minimum absolute atomic E-state index is 0.0269. The second-order valence-electron chi connectivity index (χ2n) is 4.03. The van der Waals surface area contributed by atoms with Gasteiger partial charge in [0.15, 0.2) is 5.13 Å². The van der Waals surface area contributed by atoms with Crippen LogP contribution >= 0.6 is 11.3 Å². The van der Waals surface area contributed by atoms with E-state index in [9.17, 15) is 4.79 Å². The molecule has 2 heterocycles. The molecule has 18 heavy (non-hydrogen) atoms. The summed E-state index contributed by atoms with van der Waals surface area (Å²) in [6, 6.07) is 1.81. The summed E-state index contributed by atoms with van der Waals surface area (Å²) >= 11 is 1.33. The van der Waals surface area contributed by atoms with Gasteiger partial charge in [-0.1, -0.05) is 5.16 Å².